The van der Waals surface area contributed by atoms with Crippen LogP contribution >= 0.6 is 11.3 Å². The SMILES string of the molecule is CCC(CC)(CN)NC(=O)CCn1c(C)c(C)sc1=O. The monoisotopic (exact) mass is 299 g/mol. The number of aromatic nitrogens is 1. The van der Waals surface area contributed by atoms with E-state index in [9.17, 15) is 9.59 Å². The summed E-state index contributed by atoms with van der Waals surface area (Å²) in [5.74, 6) is -0.0469. The number of carbonyl (C=O) groups excluding carboxylic acids is 1. The molecular weight excluding hydrogens is 274 g/mol. The standard InChI is InChI=1S/C14H25N3O2S/c1-5-14(6-2,9-15)16-12(18)7-8-17-10(3)11(4)20-13(17)19/h5-9,15H2,1-4H3,(H,16,18). The highest BCUT2D eigenvalue weighted by Gasteiger charge is 2.26. The lowest BCUT2D eigenvalue weighted by atomic mass is 9.93. The Morgan fingerprint density at radius 3 is 2.35 bits per heavy atom. The Hall–Kier alpha value is -1.14. The molecule has 0 aliphatic rings. The number of hydrogen-bond acceptors (Lipinski definition) is 4. The van der Waals surface area contributed by atoms with E-state index < -0.39 is 0 Å². The van der Waals surface area contributed by atoms with Gasteiger partial charge in [-0.15, -0.1) is 0 Å². The molecule has 1 rings (SSSR count). The van der Waals surface area contributed by atoms with Crippen LogP contribution in [0.2, 0.25) is 0 Å². The number of carbonyl (C=O) groups is 1. The average Bonchev–Trinajstić information content (AvgIpc) is 2.68. The van der Waals surface area contributed by atoms with E-state index in [2.05, 4.69) is 5.32 Å². The summed E-state index contributed by atoms with van der Waals surface area (Å²) in [6.07, 6.45) is 1.92. The third-order valence-corrected chi connectivity index (χ3v) is 5.08. The Labute approximate surface area is 124 Å². The van der Waals surface area contributed by atoms with Gasteiger partial charge < -0.3 is 15.6 Å². The molecule has 0 saturated carbocycles. The van der Waals surface area contributed by atoms with E-state index in [1.54, 1.807) is 4.57 Å². The quantitative estimate of drug-likeness (QED) is 0.802. The first kappa shape index (κ1) is 16.9. The summed E-state index contributed by atoms with van der Waals surface area (Å²) in [5.41, 5.74) is 6.40. The van der Waals surface area contributed by atoms with Crippen molar-refractivity contribution in [3.05, 3.63) is 20.2 Å². The highest BCUT2D eigenvalue weighted by molar-refractivity contribution is 7.09. The van der Waals surface area contributed by atoms with Crippen LogP contribution in [0.15, 0.2) is 4.79 Å². The van der Waals surface area contributed by atoms with E-state index in [4.69, 9.17) is 5.73 Å². The second kappa shape index (κ2) is 7.04. The first-order valence-corrected chi connectivity index (χ1v) is 7.88. The zero-order valence-electron chi connectivity index (χ0n) is 12.8. The summed E-state index contributed by atoms with van der Waals surface area (Å²) < 4.78 is 1.67. The summed E-state index contributed by atoms with van der Waals surface area (Å²) in [6.45, 7) is 8.73. The molecule has 114 valence electrons. The predicted molar refractivity (Wildman–Crippen MR) is 83.2 cm³/mol. The van der Waals surface area contributed by atoms with Gasteiger partial charge in [-0.1, -0.05) is 25.2 Å². The molecule has 0 bridgehead atoms. The topological polar surface area (TPSA) is 77.1 Å². The molecule has 1 amide bonds. The number of nitrogens with one attached hydrogen (secondary N) is 1. The van der Waals surface area contributed by atoms with Crippen LogP contribution in [0.4, 0.5) is 0 Å². The summed E-state index contributed by atoms with van der Waals surface area (Å²) in [6, 6.07) is 0. The van der Waals surface area contributed by atoms with Crippen molar-refractivity contribution in [2.45, 2.75) is 59.0 Å². The van der Waals surface area contributed by atoms with Crippen LogP contribution in [0.3, 0.4) is 0 Å². The van der Waals surface area contributed by atoms with Crippen molar-refractivity contribution < 1.29 is 4.79 Å². The lowest BCUT2D eigenvalue weighted by molar-refractivity contribution is -0.123. The van der Waals surface area contributed by atoms with Crippen molar-refractivity contribution in [1.82, 2.24) is 9.88 Å². The molecule has 1 aromatic rings. The molecule has 0 aromatic carbocycles. The van der Waals surface area contributed by atoms with Gasteiger partial charge in [0.2, 0.25) is 5.91 Å². The van der Waals surface area contributed by atoms with Gasteiger partial charge in [0.25, 0.3) is 0 Å². The molecule has 3 N–H and O–H groups in total. The molecule has 0 atom stereocenters. The van der Waals surface area contributed by atoms with Crippen LogP contribution < -0.4 is 15.9 Å². The minimum atomic E-state index is -0.318. The zero-order chi connectivity index (χ0) is 15.3. The maximum Gasteiger partial charge on any atom is 0.307 e. The molecule has 0 saturated heterocycles. The molecule has 0 fully saturated rings. The van der Waals surface area contributed by atoms with E-state index in [-0.39, 0.29) is 16.3 Å². The molecule has 1 heterocycles. The van der Waals surface area contributed by atoms with Gasteiger partial charge in [-0.3, -0.25) is 9.59 Å². The van der Waals surface area contributed by atoms with Crippen LogP contribution in [0.1, 0.15) is 43.7 Å². The molecular formula is C14H25N3O2S. The van der Waals surface area contributed by atoms with E-state index in [1.807, 2.05) is 27.7 Å². The lowest BCUT2D eigenvalue weighted by Crippen LogP contribution is -2.53. The zero-order valence-corrected chi connectivity index (χ0v) is 13.6. The van der Waals surface area contributed by atoms with Crippen LogP contribution in [0, 0.1) is 13.8 Å². The third kappa shape index (κ3) is 3.70. The number of nitrogens with two attached hydrogens (primary N) is 1. The highest BCUT2D eigenvalue weighted by atomic mass is 32.1. The average molecular weight is 299 g/mol. The van der Waals surface area contributed by atoms with E-state index >= 15 is 0 Å². The third-order valence-electron chi connectivity index (χ3n) is 4.09. The van der Waals surface area contributed by atoms with Crippen molar-refractivity contribution in [2.24, 2.45) is 5.73 Å². The maximum atomic E-state index is 12.1. The number of hydrogen-bond donors (Lipinski definition) is 2. The number of amides is 1. The predicted octanol–water partition coefficient (Wildman–Crippen LogP) is 1.55. The van der Waals surface area contributed by atoms with Crippen LogP contribution in [0.25, 0.3) is 0 Å². The van der Waals surface area contributed by atoms with E-state index in [1.165, 1.54) is 11.3 Å². The Morgan fingerprint density at radius 1 is 1.35 bits per heavy atom. The van der Waals surface area contributed by atoms with E-state index in [0.717, 1.165) is 23.4 Å². The molecule has 20 heavy (non-hydrogen) atoms. The van der Waals surface area contributed by atoms with Gasteiger partial charge >= 0.3 is 4.87 Å². The summed E-state index contributed by atoms with van der Waals surface area (Å²) in [4.78, 5) is 24.8. The number of rotatable bonds is 7. The maximum absolute atomic E-state index is 12.1. The number of nitrogens with zero attached hydrogens (tertiary/aromatic N) is 1. The van der Waals surface area contributed by atoms with Gasteiger partial charge in [-0.05, 0) is 26.7 Å². The van der Waals surface area contributed by atoms with Gasteiger partial charge in [0.1, 0.15) is 0 Å². The van der Waals surface area contributed by atoms with Crippen molar-refractivity contribution in [3.63, 3.8) is 0 Å². The van der Waals surface area contributed by atoms with Crippen LogP contribution in [-0.2, 0) is 11.3 Å². The van der Waals surface area contributed by atoms with Crippen molar-refractivity contribution in [2.75, 3.05) is 6.54 Å². The highest BCUT2D eigenvalue weighted by Crippen LogP contribution is 2.14. The fourth-order valence-electron chi connectivity index (χ4n) is 2.18. The number of aryl methyl sites for hydroxylation is 1. The van der Waals surface area contributed by atoms with Gasteiger partial charge in [-0.25, -0.2) is 0 Å². The fraction of sp³-hybridized carbons (Fsp3) is 0.714. The molecule has 0 aliphatic carbocycles. The Bertz CT molecular complexity index is 507. The van der Waals surface area contributed by atoms with Gasteiger partial charge in [0.15, 0.2) is 0 Å². The molecule has 0 radical (unpaired) electrons. The lowest BCUT2D eigenvalue weighted by Gasteiger charge is -2.31. The molecule has 0 unspecified atom stereocenters. The molecule has 0 aliphatic heterocycles. The largest absolute Gasteiger partial charge is 0.349 e. The van der Waals surface area contributed by atoms with E-state index in [0.29, 0.717) is 19.5 Å². The Kier molecular flexibility index (Phi) is 5.95. The minimum Gasteiger partial charge on any atom is -0.349 e. The van der Waals surface area contributed by atoms with Crippen molar-refractivity contribution in [1.29, 1.82) is 0 Å². The fourth-order valence-corrected chi connectivity index (χ4v) is 3.04. The minimum absolute atomic E-state index is 0.00358. The van der Waals surface area contributed by atoms with Crippen molar-refractivity contribution >= 4 is 17.2 Å². The molecule has 6 heteroatoms. The summed E-state index contributed by atoms with van der Waals surface area (Å²) in [7, 11) is 0. The smallest absolute Gasteiger partial charge is 0.307 e. The first-order valence-electron chi connectivity index (χ1n) is 7.07. The Balaban J connectivity index is 2.66. The number of thiazole rings is 1. The molecule has 1 aromatic heterocycles. The second-order valence-corrected chi connectivity index (χ2v) is 6.32. The van der Waals surface area contributed by atoms with Crippen LogP contribution in [-0.4, -0.2) is 22.6 Å². The van der Waals surface area contributed by atoms with Crippen LogP contribution in [0.5, 0.6) is 0 Å². The van der Waals surface area contributed by atoms with Crippen molar-refractivity contribution in [3.8, 4) is 0 Å². The van der Waals surface area contributed by atoms with Gasteiger partial charge in [0.05, 0.1) is 5.54 Å². The first-order chi connectivity index (χ1) is 9.39. The van der Waals surface area contributed by atoms with Gasteiger partial charge in [-0.2, -0.15) is 0 Å². The molecule has 5 nitrogen and oxygen atoms in total. The second-order valence-electron chi connectivity index (χ2n) is 5.15. The summed E-state index contributed by atoms with van der Waals surface area (Å²) in [5, 5.41) is 3.02. The normalized spacial score (nSPS) is 11.7. The molecule has 0 spiro atoms. The Morgan fingerprint density at radius 2 is 1.95 bits per heavy atom. The summed E-state index contributed by atoms with van der Waals surface area (Å²) >= 11 is 1.23. The van der Waals surface area contributed by atoms with Gasteiger partial charge in [0, 0.05) is 30.1 Å².